The summed E-state index contributed by atoms with van der Waals surface area (Å²) >= 11 is 0. The number of quaternary nitrogens is 1. The lowest BCUT2D eigenvalue weighted by Gasteiger charge is -2.16. The highest BCUT2D eigenvalue weighted by molar-refractivity contribution is 5.91. The van der Waals surface area contributed by atoms with E-state index in [0.717, 1.165) is 28.7 Å². The van der Waals surface area contributed by atoms with Crippen LogP contribution in [-0.2, 0) is 11.3 Å². The Labute approximate surface area is 145 Å². The topological polar surface area (TPSA) is 52.0 Å². The van der Waals surface area contributed by atoms with Crippen molar-refractivity contribution in [1.82, 2.24) is 0 Å². The van der Waals surface area contributed by atoms with Crippen LogP contribution in [0.2, 0.25) is 0 Å². The summed E-state index contributed by atoms with van der Waals surface area (Å²) in [6, 6.07) is 8.38. The zero-order chi connectivity index (χ0) is 18.4. The molecule has 0 aliphatic rings. The number of hydrogen-bond donors (Lipinski definition) is 2. The third-order valence-corrected chi connectivity index (χ3v) is 3.65. The molecule has 134 valence electrons. The average Bonchev–Trinajstić information content (AvgIpc) is 2.58. The molecule has 0 spiro atoms. The van der Waals surface area contributed by atoms with Crippen LogP contribution in [0.15, 0.2) is 36.4 Å². The maximum Gasteiger partial charge on any atom is 0.279 e. The van der Waals surface area contributed by atoms with E-state index in [1.54, 1.807) is 20.3 Å². The first-order valence-electron chi connectivity index (χ1n) is 7.70. The van der Waals surface area contributed by atoms with Crippen LogP contribution >= 0.6 is 0 Å². The number of anilines is 1. The molecule has 0 aliphatic heterocycles. The van der Waals surface area contributed by atoms with E-state index in [1.807, 2.05) is 19.2 Å². The lowest BCUT2D eigenvalue weighted by molar-refractivity contribution is -0.885. The summed E-state index contributed by atoms with van der Waals surface area (Å²) in [6.45, 7) is 0.608. The fraction of sp³-hybridized carbons (Fsp3) is 0.278. The highest BCUT2D eigenvalue weighted by atomic mass is 19.1. The minimum absolute atomic E-state index is 0.0884. The molecule has 1 amide bonds. The van der Waals surface area contributed by atoms with Crippen LogP contribution < -0.4 is 19.7 Å². The summed E-state index contributed by atoms with van der Waals surface area (Å²) in [5, 5.41) is 2.39. The summed E-state index contributed by atoms with van der Waals surface area (Å²) < 4.78 is 37.2. The van der Waals surface area contributed by atoms with Gasteiger partial charge in [0, 0.05) is 17.7 Å². The van der Waals surface area contributed by atoms with Crippen LogP contribution in [0, 0.1) is 11.6 Å². The Bertz CT molecular complexity index is 753. The van der Waals surface area contributed by atoms with E-state index >= 15 is 0 Å². The van der Waals surface area contributed by atoms with Gasteiger partial charge in [0.2, 0.25) is 0 Å². The summed E-state index contributed by atoms with van der Waals surface area (Å²) in [5.74, 6) is -0.355. The van der Waals surface area contributed by atoms with Gasteiger partial charge in [-0.25, -0.2) is 8.78 Å². The fourth-order valence-corrected chi connectivity index (χ4v) is 2.45. The smallest absolute Gasteiger partial charge is 0.279 e. The number of nitrogens with one attached hydrogen (secondary N) is 2. The molecule has 0 fully saturated rings. The Balaban J connectivity index is 1.99. The van der Waals surface area contributed by atoms with Crippen molar-refractivity contribution in [2.75, 3.05) is 33.1 Å². The van der Waals surface area contributed by atoms with Gasteiger partial charge in [0.25, 0.3) is 5.91 Å². The van der Waals surface area contributed by atoms with Gasteiger partial charge in [-0.05, 0) is 24.3 Å². The Kier molecular flexibility index (Phi) is 6.30. The molecule has 0 bridgehead atoms. The van der Waals surface area contributed by atoms with E-state index in [-0.39, 0.29) is 12.2 Å². The lowest BCUT2D eigenvalue weighted by atomic mass is 10.2. The molecule has 1 unspecified atom stereocenters. The number of benzene rings is 2. The maximum absolute atomic E-state index is 13.6. The van der Waals surface area contributed by atoms with Crippen molar-refractivity contribution in [3.8, 4) is 11.5 Å². The van der Waals surface area contributed by atoms with Crippen molar-refractivity contribution in [2.24, 2.45) is 0 Å². The average molecular weight is 351 g/mol. The lowest BCUT2D eigenvalue weighted by Crippen LogP contribution is -3.08. The monoisotopic (exact) mass is 351 g/mol. The summed E-state index contributed by atoms with van der Waals surface area (Å²) in [5.41, 5.74) is 0.741. The van der Waals surface area contributed by atoms with E-state index in [0.29, 0.717) is 18.0 Å². The Morgan fingerprint density at radius 3 is 2.56 bits per heavy atom. The number of likely N-dealkylation sites (N-methyl/N-ethyl adjacent to an activating group) is 1. The van der Waals surface area contributed by atoms with Crippen molar-refractivity contribution in [3.05, 3.63) is 53.6 Å². The highest BCUT2D eigenvalue weighted by Crippen LogP contribution is 2.23. The number of carbonyl (C=O) groups is 1. The Hall–Kier alpha value is -2.67. The molecule has 0 saturated carbocycles. The first-order valence-corrected chi connectivity index (χ1v) is 7.70. The van der Waals surface area contributed by atoms with Gasteiger partial charge >= 0.3 is 0 Å². The standard InChI is InChI=1S/C18H20F2N2O3/c1-22(10-12-4-6-14(24-2)9-17(12)25-3)11-18(23)21-16-8-13(19)5-7-15(16)20/h4-9H,10-11H2,1-3H3,(H,21,23)/p+1. The van der Waals surface area contributed by atoms with Crippen LogP contribution in [0.4, 0.5) is 14.5 Å². The zero-order valence-corrected chi connectivity index (χ0v) is 14.4. The molecule has 2 rings (SSSR count). The zero-order valence-electron chi connectivity index (χ0n) is 14.4. The number of halogens is 2. The molecular formula is C18H21F2N2O3+. The van der Waals surface area contributed by atoms with E-state index in [1.165, 1.54) is 0 Å². The summed E-state index contributed by atoms with van der Waals surface area (Å²) in [4.78, 5) is 12.9. The first kappa shape index (κ1) is 18.7. The first-order chi connectivity index (χ1) is 11.9. The summed E-state index contributed by atoms with van der Waals surface area (Å²) in [6.07, 6.45) is 0. The second kappa shape index (κ2) is 8.43. The number of amides is 1. The molecule has 0 aromatic heterocycles. The molecule has 25 heavy (non-hydrogen) atoms. The van der Waals surface area contributed by atoms with Gasteiger partial charge in [-0.2, -0.15) is 0 Å². The number of ether oxygens (including phenoxy) is 2. The van der Waals surface area contributed by atoms with Crippen LogP contribution in [-0.4, -0.2) is 33.7 Å². The number of methoxy groups -OCH3 is 2. The van der Waals surface area contributed by atoms with Gasteiger partial charge in [-0.15, -0.1) is 0 Å². The Morgan fingerprint density at radius 1 is 1.12 bits per heavy atom. The molecule has 0 aliphatic carbocycles. The molecule has 1 atom stereocenters. The fourth-order valence-electron chi connectivity index (χ4n) is 2.45. The van der Waals surface area contributed by atoms with E-state index in [4.69, 9.17) is 9.47 Å². The predicted molar refractivity (Wildman–Crippen MR) is 90.0 cm³/mol. The third-order valence-electron chi connectivity index (χ3n) is 3.65. The van der Waals surface area contributed by atoms with Crippen LogP contribution in [0.25, 0.3) is 0 Å². The van der Waals surface area contributed by atoms with Gasteiger partial charge in [0.05, 0.1) is 27.0 Å². The molecule has 2 aromatic carbocycles. The number of rotatable bonds is 7. The normalized spacial score (nSPS) is 11.7. The molecule has 0 radical (unpaired) electrons. The summed E-state index contributed by atoms with van der Waals surface area (Å²) in [7, 11) is 4.96. The molecule has 0 saturated heterocycles. The van der Waals surface area contributed by atoms with Crippen molar-refractivity contribution < 1.29 is 27.9 Å². The van der Waals surface area contributed by atoms with E-state index in [9.17, 15) is 13.6 Å². The Morgan fingerprint density at radius 2 is 1.88 bits per heavy atom. The molecule has 2 aromatic rings. The predicted octanol–water partition coefficient (Wildman–Crippen LogP) is 1.64. The minimum atomic E-state index is -0.677. The second-order valence-electron chi connectivity index (χ2n) is 5.66. The molecule has 5 nitrogen and oxygen atoms in total. The SMILES string of the molecule is COc1ccc(C[NH+](C)CC(=O)Nc2cc(F)ccc2F)c(OC)c1. The van der Waals surface area contributed by atoms with Crippen LogP contribution in [0.1, 0.15) is 5.56 Å². The van der Waals surface area contributed by atoms with Gasteiger partial charge < -0.3 is 19.7 Å². The van der Waals surface area contributed by atoms with Crippen molar-refractivity contribution >= 4 is 11.6 Å². The van der Waals surface area contributed by atoms with Crippen molar-refractivity contribution in [2.45, 2.75) is 6.54 Å². The van der Waals surface area contributed by atoms with Gasteiger partial charge in [0.15, 0.2) is 6.54 Å². The van der Waals surface area contributed by atoms with E-state index < -0.39 is 17.5 Å². The van der Waals surface area contributed by atoms with Gasteiger partial charge in [-0.1, -0.05) is 0 Å². The molecule has 7 heteroatoms. The largest absolute Gasteiger partial charge is 0.497 e. The molecule has 2 N–H and O–H groups in total. The third kappa shape index (κ3) is 5.15. The quantitative estimate of drug-likeness (QED) is 0.797. The van der Waals surface area contributed by atoms with Gasteiger partial charge in [0.1, 0.15) is 29.7 Å². The van der Waals surface area contributed by atoms with Crippen molar-refractivity contribution in [1.29, 1.82) is 0 Å². The number of hydrogen-bond acceptors (Lipinski definition) is 3. The van der Waals surface area contributed by atoms with E-state index in [2.05, 4.69) is 5.32 Å². The molecular weight excluding hydrogens is 330 g/mol. The maximum atomic E-state index is 13.6. The highest BCUT2D eigenvalue weighted by Gasteiger charge is 2.15. The van der Waals surface area contributed by atoms with Crippen molar-refractivity contribution in [3.63, 3.8) is 0 Å². The number of carbonyl (C=O) groups excluding carboxylic acids is 1. The second-order valence-corrected chi connectivity index (χ2v) is 5.66. The molecule has 0 heterocycles. The van der Waals surface area contributed by atoms with Gasteiger partial charge in [-0.3, -0.25) is 4.79 Å². The minimum Gasteiger partial charge on any atom is -0.497 e. The van der Waals surface area contributed by atoms with Crippen LogP contribution in [0.5, 0.6) is 11.5 Å². The van der Waals surface area contributed by atoms with Crippen LogP contribution in [0.3, 0.4) is 0 Å².